The molecule has 0 aliphatic carbocycles. The molecule has 0 saturated heterocycles. The molecule has 0 aromatic heterocycles. The molecule has 0 aromatic rings. The Kier molecular flexibility index (Phi) is 3.44. The standard InChI is InChI=1S/C5H14N2S/c1-4(6)7(3)5(2)8/h4-5,8H,6H2,1-3H3. The Morgan fingerprint density at radius 3 is 1.88 bits per heavy atom. The smallest absolute Gasteiger partial charge is 0.0549 e. The summed E-state index contributed by atoms with van der Waals surface area (Å²) in [5, 5.41) is 0.245. The average molecular weight is 134 g/mol. The van der Waals surface area contributed by atoms with E-state index in [0.717, 1.165) is 0 Å². The van der Waals surface area contributed by atoms with Gasteiger partial charge in [-0.25, -0.2) is 0 Å². The van der Waals surface area contributed by atoms with Gasteiger partial charge in [0.15, 0.2) is 0 Å². The molecular weight excluding hydrogens is 120 g/mol. The first-order valence-corrected chi connectivity index (χ1v) is 3.23. The van der Waals surface area contributed by atoms with Crippen LogP contribution in [-0.4, -0.2) is 23.5 Å². The van der Waals surface area contributed by atoms with Gasteiger partial charge in [-0.05, 0) is 20.9 Å². The minimum absolute atomic E-state index is 0.0995. The molecule has 2 unspecified atom stereocenters. The normalized spacial score (nSPS) is 18.8. The first-order chi connectivity index (χ1) is 3.55. The lowest BCUT2D eigenvalue weighted by Crippen LogP contribution is -2.39. The van der Waals surface area contributed by atoms with E-state index in [0.29, 0.717) is 0 Å². The minimum atomic E-state index is 0.0995. The van der Waals surface area contributed by atoms with Gasteiger partial charge in [-0.15, -0.1) is 0 Å². The van der Waals surface area contributed by atoms with Crippen LogP contribution in [-0.2, 0) is 0 Å². The van der Waals surface area contributed by atoms with Crippen LogP contribution >= 0.6 is 12.6 Å². The zero-order valence-corrected chi connectivity index (χ0v) is 6.52. The van der Waals surface area contributed by atoms with Crippen molar-refractivity contribution in [2.24, 2.45) is 5.73 Å². The van der Waals surface area contributed by atoms with Crippen LogP contribution in [0.4, 0.5) is 0 Å². The van der Waals surface area contributed by atoms with E-state index in [4.69, 9.17) is 5.73 Å². The average Bonchev–Trinajstić information content (AvgIpc) is 1.64. The fraction of sp³-hybridized carbons (Fsp3) is 1.00. The monoisotopic (exact) mass is 134 g/mol. The molecule has 2 nitrogen and oxygen atoms in total. The molecule has 2 atom stereocenters. The maximum atomic E-state index is 5.51. The van der Waals surface area contributed by atoms with Gasteiger partial charge >= 0.3 is 0 Å². The molecular formula is C5H14N2S. The van der Waals surface area contributed by atoms with E-state index in [9.17, 15) is 0 Å². The third-order valence-electron chi connectivity index (χ3n) is 1.23. The molecule has 0 radical (unpaired) electrons. The number of thiol groups is 1. The first kappa shape index (κ1) is 8.27. The number of hydrogen-bond donors (Lipinski definition) is 2. The van der Waals surface area contributed by atoms with Gasteiger partial charge in [0, 0.05) is 0 Å². The number of nitrogens with two attached hydrogens (primary N) is 1. The van der Waals surface area contributed by atoms with Gasteiger partial charge in [0.2, 0.25) is 0 Å². The zero-order valence-electron chi connectivity index (χ0n) is 5.63. The van der Waals surface area contributed by atoms with Crippen molar-refractivity contribution in [3.8, 4) is 0 Å². The largest absolute Gasteiger partial charge is 0.316 e. The molecule has 0 heterocycles. The second kappa shape index (κ2) is 3.33. The van der Waals surface area contributed by atoms with Crippen LogP contribution in [0.15, 0.2) is 0 Å². The predicted octanol–water partition coefficient (Wildman–Crippen LogP) is 0.499. The summed E-state index contributed by atoms with van der Waals surface area (Å²) in [6.45, 7) is 3.93. The third-order valence-corrected chi connectivity index (χ3v) is 1.60. The highest BCUT2D eigenvalue weighted by Gasteiger charge is 2.06. The maximum Gasteiger partial charge on any atom is 0.0549 e. The van der Waals surface area contributed by atoms with E-state index < -0.39 is 0 Å². The van der Waals surface area contributed by atoms with Crippen molar-refractivity contribution in [2.45, 2.75) is 25.4 Å². The lowest BCUT2D eigenvalue weighted by atomic mass is 10.5. The Hall–Kier alpha value is 0.270. The molecule has 0 rings (SSSR count). The van der Waals surface area contributed by atoms with Crippen molar-refractivity contribution in [2.75, 3.05) is 7.05 Å². The Morgan fingerprint density at radius 2 is 1.88 bits per heavy atom. The lowest BCUT2D eigenvalue weighted by Gasteiger charge is -2.23. The molecule has 0 bridgehead atoms. The van der Waals surface area contributed by atoms with Crippen molar-refractivity contribution in [3.63, 3.8) is 0 Å². The molecule has 0 aliphatic rings. The van der Waals surface area contributed by atoms with Gasteiger partial charge in [-0.2, -0.15) is 12.6 Å². The Labute approximate surface area is 56.5 Å². The van der Waals surface area contributed by atoms with Crippen LogP contribution in [0.1, 0.15) is 13.8 Å². The Balaban J connectivity index is 3.46. The summed E-state index contributed by atoms with van der Waals surface area (Å²) in [6, 6.07) is 0. The topological polar surface area (TPSA) is 29.3 Å². The molecule has 0 fully saturated rings. The van der Waals surface area contributed by atoms with Crippen LogP contribution in [0, 0.1) is 0 Å². The fourth-order valence-corrected chi connectivity index (χ4v) is 0.551. The van der Waals surface area contributed by atoms with Crippen molar-refractivity contribution < 1.29 is 0 Å². The third kappa shape index (κ3) is 2.55. The first-order valence-electron chi connectivity index (χ1n) is 2.71. The van der Waals surface area contributed by atoms with Gasteiger partial charge in [-0.3, -0.25) is 4.90 Å². The van der Waals surface area contributed by atoms with E-state index in [1.165, 1.54) is 0 Å². The second-order valence-corrected chi connectivity index (χ2v) is 2.79. The number of nitrogens with zero attached hydrogens (tertiary/aromatic N) is 1. The van der Waals surface area contributed by atoms with Crippen LogP contribution in [0.25, 0.3) is 0 Å². The molecule has 8 heavy (non-hydrogen) atoms. The zero-order chi connectivity index (χ0) is 6.73. The number of rotatable bonds is 2. The van der Waals surface area contributed by atoms with E-state index in [1.807, 2.05) is 25.8 Å². The van der Waals surface area contributed by atoms with E-state index in [2.05, 4.69) is 12.6 Å². The second-order valence-electron chi connectivity index (χ2n) is 2.04. The molecule has 50 valence electrons. The van der Waals surface area contributed by atoms with Gasteiger partial charge in [0.1, 0.15) is 0 Å². The molecule has 0 spiro atoms. The molecule has 3 heteroatoms. The fourth-order valence-electron chi connectivity index (χ4n) is 0.340. The maximum absolute atomic E-state index is 5.51. The van der Waals surface area contributed by atoms with Gasteiger partial charge in [0.05, 0.1) is 11.5 Å². The van der Waals surface area contributed by atoms with Crippen LogP contribution in [0.3, 0.4) is 0 Å². The highest BCUT2D eigenvalue weighted by Crippen LogP contribution is 2.00. The van der Waals surface area contributed by atoms with Crippen LogP contribution < -0.4 is 5.73 Å². The predicted molar refractivity (Wildman–Crippen MR) is 39.9 cm³/mol. The summed E-state index contributed by atoms with van der Waals surface area (Å²) in [5.74, 6) is 0. The minimum Gasteiger partial charge on any atom is -0.316 e. The molecule has 0 saturated carbocycles. The van der Waals surface area contributed by atoms with Crippen molar-refractivity contribution in [1.82, 2.24) is 4.90 Å². The van der Waals surface area contributed by atoms with E-state index in [1.54, 1.807) is 0 Å². The van der Waals surface area contributed by atoms with E-state index in [-0.39, 0.29) is 11.5 Å². The molecule has 0 aromatic carbocycles. The Bertz CT molecular complexity index is 55.4. The summed E-state index contributed by atoms with van der Waals surface area (Å²) in [4.78, 5) is 1.98. The van der Waals surface area contributed by atoms with Gasteiger partial charge in [-0.1, -0.05) is 0 Å². The summed E-state index contributed by atoms with van der Waals surface area (Å²) >= 11 is 4.18. The molecule has 2 N–H and O–H groups in total. The van der Waals surface area contributed by atoms with Gasteiger partial charge in [0.25, 0.3) is 0 Å². The van der Waals surface area contributed by atoms with E-state index >= 15 is 0 Å². The van der Waals surface area contributed by atoms with Crippen LogP contribution in [0.5, 0.6) is 0 Å². The van der Waals surface area contributed by atoms with Crippen molar-refractivity contribution in [1.29, 1.82) is 0 Å². The summed E-state index contributed by atoms with van der Waals surface area (Å²) in [5.41, 5.74) is 5.51. The van der Waals surface area contributed by atoms with Gasteiger partial charge < -0.3 is 5.73 Å². The summed E-state index contributed by atoms with van der Waals surface area (Å²) in [7, 11) is 1.95. The highest BCUT2D eigenvalue weighted by molar-refractivity contribution is 7.80. The lowest BCUT2D eigenvalue weighted by molar-refractivity contribution is 0.258. The van der Waals surface area contributed by atoms with Crippen LogP contribution in [0.2, 0.25) is 0 Å². The molecule has 0 aliphatic heterocycles. The van der Waals surface area contributed by atoms with Crippen molar-refractivity contribution >= 4 is 12.6 Å². The number of hydrogen-bond acceptors (Lipinski definition) is 3. The summed E-state index contributed by atoms with van der Waals surface area (Å²) < 4.78 is 0. The SMILES string of the molecule is CC(N)N(C)C(C)S. The van der Waals surface area contributed by atoms with Crippen molar-refractivity contribution in [3.05, 3.63) is 0 Å². The highest BCUT2D eigenvalue weighted by atomic mass is 32.1. The molecule has 0 amide bonds. The Morgan fingerprint density at radius 1 is 1.50 bits per heavy atom. The quantitative estimate of drug-likeness (QED) is 0.425. The summed E-state index contributed by atoms with van der Waals surface area (Å²) in [6.07, 6.45) is 0.0995.